The van der Waals surface area contributed by atoms with Gasteiger partial charge in [-0.15, -0.1) is 0 Å². The summed E-state index contributed by atoms with van der Waals surface area (Å²) in [6.07, 6.45) is 0. The Bertz CT molecular complexity index is 355. The maximum absolute atomic E-state index is 11.3. The van der Waals surface area contributed by atoms with Crippen molar-refractivity contribution in [3.05, 3.63) is 28.2 Å². The lowest BCUT2D eigenvalue weighted by Crippen LogP contribution is -2.31. The number of carbonyl (C=O) groups is 1. The highest BCUT2D eigenvalue weighted by Crippen LogP contribution is 2.22. The summed E-state index contributed by atoms with van der Waals surface area (Å²) in [6, 6.07) is 5.36. The molecule has 0 unspecified atom stereocenters. The lowest BCUT2D eigenvalue weighted by molar-refractivity contribution is 0.245. The Balaban J connectivity index is 2.63. The third-order valence-corrected chi connectivity index (χ3v) is 2.46. The van der Waals surface area contributed by atoms with Crippen LogP contribution in [0, 0.1) is 6.92 Å². The van der Waals surface area contributed by atoms with Gasteiger partial charge in [-0.3, -0.25) is 0 Å². The van der Waals surface area contributed by atoms with E-state index in [4.69, 9.17) is 5.11 Å². The van der Waals surface area contributed by atoms with Gasteiger partial charge in [0.15, 0.2) is 0 Å². The van der Waals surface area contributed by atoms with Crippen LogP contribution in [0.2, 0.25) is 0 Å². The second-order valence-corrected chi connectivity index (χ2v) is 3.94. The molecule has 0 aliphatic heterocycles. The predicted octanol–water partition coefficient (Wildman–Crippen LogP) is 1.87. The molecule has 15 heavy (non-hydrogen) atoms. The lowest BCUT2D eigenvalue weighted by Gasteiger charge is -2.08. The molecule has 2 amide bonds. The van der Waals surface area contributed by atoms with Crippen molar-refractivity contribution in [1.29, 1.82) is 0 Å². The molecule has 1 aromatic carbocycles. The van der Waals surface area contributed by atoms with Crippen molar-refractivity contribution in [2.75, 3.05) is 18.5 Å². The first-order valence-electron chi connectivity index (χ1n) is 4.55. The molecular weight excluding hydrogens is 260 g/mol. The van der Waals surface area contributed by atoms with E-state index in [9.17, 15) is 4.79 Å². The minimum absolute atomic E-state index is 0.0671. The molecule has 0 spiro atoms. The average molecular weight is 273 g/mol. The fourth-order valence-corrected chi connectivity index (χ4v) is 1.42. The van der Waals surface area contributed by atoms with Crippen molar-refractivity contribution in [3.8, 4) is 0 Å². The highest BCUT2D eigenvalue weighted by Gasteiger charge is 2.04. The molecular formula is C10H13BrN2O2. The van der Waals surface area contributed by atoms with Crippen LogP contribution in [0.15, 0.2) is 22.7 Å². The summed E-state index contributed by atoms with van der Waals surface area (Å²) in [6.45, 7) is 2.13. The SMILES string of the molecule is Cc1ccc(Br)c(NC(=O)NCCO)c1. The van der Waals surface area contributed by atoms with Crippen molar-refractivity contribution in [2.24, 2.45) is 0 Å². The second kappa shape index (κ2) is 5.72. The van der Waals surface area contributed by atoms with Crippen molar-refractivity contribution in [1.82, 2.24) is 5.32 Å². The minimum Gasteiger partial charge on any atom is -0.395 e. The zero-order valence-electron chi connectivity index (χ0n) is 8.38. The number of carbonyl (C=O) groups excluding carboxylic acids is 1. The van der Waals surface area contributed by atoms with E-state index in [1.54, 1.807) is 0 Å². The van der Waals surface area contributed by atoms with Gasteiger partial charge in [0.05, 0.1) is 12.3 Å². The maximum atomic E-state index is 11.3. The normalized spacial score (nSPS) is 9.80. The first kappa shape index (κ1) is 12.0. The Labute approximate surface area is 96.8 Å². The van der Waals surface area contributed by atoms with Gasteiger partial charge in [-0.1, -0.05) is 6.07 Å². The van der Waals surface area contributed by atoms with Gasteiger partial charge in [0.2, 0.25) is 0 Å². The molecule has 82 valence electrons. The summed E-state index contributed by atoms with van der Waals surface area (Å²) in [5.41, 5.74) is 1.78. The third-order valence-electron chi connectivity index (χ3n) is 1.77. The number of halogens is 1. The first-order chi connectivity index (χ1) is 7.13. The van der Waals surface area contributed by atoms with E-state index in [-0.39, 0.29) is 19.2 Å². The number of hydrogen-bond acceptors (Lipinski definition) is 2. The number of benzene rings is 1. The molecule has 0 saturated heterocycles. The largest absolute Gasteiger partial charge is 0.395 e. The summed E-state index contributed by atoms with van der Waals surface area (Å²) in [4.78, 5) is 11.3. The number of aliphatic hydroxyl groups is 1. The van der Waals surface area contributed by atoms with Crippen LogP contribution < -0.4 is 10.6 Å². The number of rotatable bonds is 3. The second-order valence-electron chi connectivity index (χ2n) is 3.09. The van der Waals surface area contributed by atoms with Gasteiger partial charge in [0.25, 0.3) is 0 Å². The van der Waals surface area contributed by atoms with E-state index < -0.39 is 0 Å². The summed E-state index contributed by atoms with van der Waals surface area (Å²) in [5.74, 6) is 0. The van der Waals surface area contributed by atoms with Crippen molar-refractivity contribution in [2.45, 2.75) is 6.92 Å². The van der Waals surface area contributed by atoms with Crippen LogP contribution in [-0.4, -0.2) is 24.3 Å². The molecule has 0 heterocycles. The van der Waals surface area contributed by atoms with E-state index >= 15 is 0 Å². The van der Waals surface area contributed by atoms with E-state index in [0.717, 1.165) is 10.0 Å². The summed E-state index contributed by atoms with van der Waals surface area (Å²) in [5, 5.41) is 13.7. The van der Waals surface area contributed by atoms with Crippen LogP contribution in [-0.2, 0) is 0 Å². The minimum atomic E-state index is -0.324. The number of aliphatic hydroxyl groups excluding tert-OH is 1. The molecule has 0 fully saturated rings. The van der Waals surface area contributed by atoms with Crippen molar-refractivity contribution in [3.63, 3.8) is 0 Å². The molecule has 1 aromatic rings. The quantitative estimate of drug-likeness (QED) is 0.787. The van der Waals surface area contributed by atoms with Gasteiger partial charge >= 0.3 is 6.03 Å². The number of anilines is 1. The standard InChI is InChI=1S/C10H13BrN2O2/c1-7-2-3-8(11)9(6-7)13-10(15)12-4-5-14/h2-3,6,14H,4-5H2,1H3,(H2,12,13,15). The molecule has 3 N–H and O–H groups in total. The smallest absolute Gasteiger partial charge is 0.319 e. The fourth-order valence-electron chi connectivity index (χ4n) is 1.07. The van der Waals surface area contributed by atoms with Gasteiger partial charge in [0.1, 0.15) is 0 Å². The topological polar surface area (TPSA) is 61.4 Å². The predicted molar refractivity (Wildman–Crippen MR) is 63.0 cm³/mol. The number of hydrogen-bond donors (Lipinski definition) is 3. The van der Waals surface area contributed by atoms with Gasteiger partial charge in [-0.25, -0.2) is 4.79 Å². The van der Waals surface area contributed by atoms with Crippen LogP contribution in [0.1, 0.15) is 5.56 Å². The number of urea groups is 1. The molecule has 1 rings (SSSR count). The van der Waals surface area contributed by atoms with E-state index in [2.05, 4.69) is 26.6 Å². The van der Waals surface area contributed by atoms with E-state index in [1.807, 2.05) is 25.1 Å². The van der Waals surface area contributed by atoms with Crippen LogP contribution in [0.25, 0.3) is 0 Å². The van der Waals surface area contributed by atoms with Gasteiger partial charge < -0.3 is 15.7 Å². The summed E-state index contributed by atoms with van der Waals surface area (Å²) in [7, 11) is 0. The van der Waals surface area contributed by atoms with Crippen LogP contribution in [0.4, 0.5) is 10.5 Å². The molecule has 5 heteroatoms. The summed E-state index contributed by atoms with van der Waals surface area (Å²) >= 11 is 3.34. The monoisotopic (exact) mass is 272 g/mol. The molecule has 0 saturated carbocycles. The molecule has 0 aromatic heterocycles. The summed E-state index contributed by atoms with van der Waals surface area (Å²) < 4.78 is 0.826. The number of amides is 2. The number of aryl methyl sites for hydroxylation is 1. The fraction of sp³-hybridized carbons (Fsp3) is 0.300. The molecule has 4 nitrogen and oxygen atoms in total. The highest BCUT2D eigenvalue weighted by atomic mass is 79.9. The Morgan fingerprint density at radius 3 is 2.93 bits per heavy atom. The zero-order chi connectivity index (χ0) is 11.3. The molecule has 0 bridgehead atoms. The zero-order valence-corrected chi connectivity index (χ0v) is 9.97. The molecule has 0 aliphatic rings. The lowest BCUT2D eigenvalue weighted by atomic mass is 10.2. The molecule has 0 atom stereocenters. The number of nitrogens with one attached hydrogen (secondary N) is 2. The molecule has 0 radical (unpaired) electrons. The van der Waals surface area contributed by atoms with E-state index in [0.29, 0.717) is 5.69 Å². The Morgan fingerprint density at radius 2 is 2.27 bits per heavy atom. The first-order valence-corrected chi connectivity index (χ1v) is 5.34. The van der Waals surface area contributed by atoms with Gasteiger partial charge in [-0.05, 0) is 40.5 Å². The van der Waals surface area contributed by atoms with Crippen molar-refractivity contribution < 1.29 is 9.90 Å². The molecule has 0 aliphatic carbocycles. The van der Waals surface area contributed by atoms with Gasteiger partial charge in [0, 0.05) is 11.0 Å². The van der Waals surface area contributed by atoms with Crippen molar-refractivity contribution >= 4 is 27.6 Å². The van der Waals surface area contributed by atoms with Gasteiger partial charge in [-0.2, -0.15) is 0 Å². The Morgan fingerprint density at radius 1 is 1.53 bits per heavy atom. The van der Waals surface area contributed by atoms with Crippen LogP contribution in [0.5, 0.6) is 0 Å². The Hall–Kier alpha value is -1.07. The van der Waals surface area contributed by atoms with Crippen LogP contribution in [0.3, 0.4) is 0 Å². The van der Waals surface area contributed by atoms with Crippen LogP contribution >= 0.6 is 15.9 Å². The maximum Gasteiger partial charge on any atom is 0.319 e. The average Bonchev–Trinajstić information content (AvgIpc) is 2.20. The third kappa shape index (κ3) is 3.89. The Kier molecular flexibility index (Phi) is 4.58. The van der Waals surface area contributed by atoms with E-state index in [1.165, 1.54) is 0 Å². The highest BCUT2D eigenvalue weighted by molar-refractivity contribution is 9.10.